The van der Waals surface area contributed by atoms with Crippen molar-refractivity contribution in [3.05, 3.63) is 53.6 Å². The normalized spacial score (nSPS) is 21.8. The Hall–Kier alpha value is -3.59. The fourth-order valence-corrected chi connectivity index (χ4v) is 4.32. The van der Waals surface area contributed by atoms with Gasteiger partial charge in [-0.15, -0.1) is 0 Å². The van der Waals surface area contributed by atoms with E-state index in [-0.39, 0.29) is 49.1 Å². The number of amides is 2. The molecule has 9 heteroatoms. The Morgan fingerprint density at radius 3 is 2.59 bits per heavy atom. The highest BCUT2D eigenvalue weighted by molar-refractivity contribution is 6.05. The molecule has 180 valence electrons. The van der Waals surface area contributed by atoms with Crippen LogP contribution in [0.15, 0.2) is 42.5 Å². The second-order valence-electron chi connectivity index (χ2n) is 8.34. The van der Waals surface area contributed by atoms with Crippen LogP contribution in [0.3, 0.4) is 0 Å². The van der Waals surface area contributed by atoms with E-state index in [1.165, 1.54) is 7.11 Å². The molecule has 3 atom stereocenters. The number of carbonyl (C=O) groups is 3. The van der Waals surface area contributed by atoms with E-state index in [1.54, 1.807) is 61.5 Å². The monoisotopic (exact) mass is 468 g/mol. The van der Waals surface area contributed by atoms with Crippen LogP contribution in [0.2, 0.25) is 0 Å². The number of fused-ring (bicyclic) bond motifs is 2. The van der Waals surface area contributed by atoms with E-state index in [2.05, 4.69) is 5.32 Å². The average Bonchev–Trinajstić information content (AvgIpc) is 2.86. The third-order valence-electron chi connectivity index (χ3n) is 6.24. The van der Waals surface area contributed by atoms with Crippen molar-refractivity contribution in [2.24, 2.45) is 0 Å². The molecule has 4 rings (SSSR count). The molecule has 2 aromatic carbocycles. The molecule has 34 heavy (non-hydrogen) atoms. The van der Waals surface area contributed by atoms with Gasteiger partial charge in [0.05, 0.1) is 38.3 Å². The number of nitrogens with one attached hydrogen (secondary N) is 1. The van der Waals surface area contributed by atoms with E-state index < -0.39 is 0 Å². The third-order valence-corrected chi connectivity index (χ3v) is 6.24. The summed E-state index contributed by atoms with van der Waals surface area (Å²) in [5.41, 5.74) is 1.32. The zero-order chi connectivity index (χ0) is 24.2. The van der Waals surface area contributed by atoms with Gasteiger partial charge in [-0.3, -0.25) is 14.4 Å². The van der Waals surface area contributed by atoms with Crippen molar-refractivity contribution >= 4 is 23.5 Å². The molecule has 2 aromatic rings. The maximum Gasteiger partial charge on any atom is 0.308 e. The van der Waals surface area contributed by atoms with Crippen molar-refractivity contribution in [1.82, 2.24) is 4.90 Å². The minimum absolute atomic E-state index is 0.172. The minimum Gasteiger partial charge on any atom is -0.497 e. The number of nitrogens with zero attached hydrogens (tertiary/aromatic N) is 1. The van der Waals surface area contributed by atoms with E-state index in [0.29, 0.717) is 41.2 Å². The third kappa shape index (κ3) is 4.99. The molecule has 2 aliphatic heterocycles. The molecule has 2 aliphatic rings. The molecule has 2 amide bonds. The lowest BCUT2D eigenvalue weighted by atomic mass is 9.94. The summed E-state index contributed by atoms with van der Waals surface area (Å²) in [7, 11) is 4.65. The van der Waals surface area contributed by atoms with Crippen LogP contribution in [0, 0.1) is 0 Å². The molecule has 1 N–H and O–H groups in total. The van der Waals surface area contributed by atoms with E-state index in [9.17, 15) is 14.4 Å². The fraction of sp³-hybridized carbons (Fsp3) is 0.400. The number of anilines is 1. The maximum absolute atomic E-state index is 13.3. The number of likely N-dealkylation sites (N-methyl/N-ethyl adjacent to an activating group) is 1. The molecule has 1 fully saturated rings. The van der Waals surface area contributed by atoms with E-state index in [4.69, 9.17) is 18.9 Å². The summed E-state index contributed by atoms with van der Waals surface area (Å²) in [5, 5.41) is 2.83. The zero-order valence-corrected chi connectivity index (χ0v) is 19.4. The molecule has 9 nitrogen and oxygen atoms in total. The molecule has 0 bridgehead atoms. The SMILES string of the molecule is COC(=O)C[C@H]1CC[C@H]2[C@H](COc3ccc(NC(=O)c4ccc(OC)cc4)cc3C(=O)N2C)O1. The lowest BCUT2D eigenvalue weighted by molar-refractivity contribution is -0.151. The van der Waals surface area contributed by atoms with Crippen molar-refractivity contribution in [2.45, 2.75) is 37.5 Å². The number of rotatable bonds is 5. The molecular formula is C25H28N2O7. The Morgan fingerprint density at radius 1 is 1.12 bits per heavy atom. The molecule has 0 unspecified atom stereocenters. The Balaban J connectivity index is 1.50. The molecule has 0 aliphatic carbocycles. The standard InChI is InChI=1S/C25H28N2O7/c1-27-20-10-9-18(13-23(28)32-3)34-22(20)14-33-21-11-6-16(12-19(21)25(27)30)26-24(29)15-4-7-17(31-2)8-5-15/h4-8,11-12,18,20,22H,9-10,13-14H2,1-3H3,(H,26,29)/t18-,20+,22+/m1/s1. The van der Waals surface area contributed by atoms with Gasteiger partial charge < -0.3 is 29.2 Å². The van der Waals surface area contributed by atoms with Gasteiger partial charge in [0.2, 0.25) is 0 Å². The molecule has 0 spiro atoms. The van der Waals surface area contributed by atoms with Crippen molar-refractivity contribution in [3.63, 3.8) is 0 Å². The van der Waals surface area contributed by atoms with Gasteiger partial charge in [-0.1, -0.05) is 0 Å². The highest BCUT2D eigenvalue weighted by atomic mass is 16.6. The molecule has 2 heterocycles. The molecular weight excluding hydrogens is 440 g/mol. The van der Waals surface area contributed by atoms with E-state index >= 15 is 0 Å². The Bertz CT molecular complexity index is 1070. The number of methoxy groups -OCH3 is 2. The quantitative estimate of drug-likeness (QED) is 0.673. The van der Waals surface area contributed by atoms with Crippen LogP contribution in [0.5, 0.6) is 11.5 Å². The number of esters is 1. The predicted octanol–water partition coefficient (Wildman–Crippen LogP) is 2.89. The summed E-state index contributed by atoms with van der Waals surface area (Å²) in [6.45, 7) is 0.241. The summed E-state index contributed by atoms with van der Waals surface area (Å²) >= 11 is 0. The Morgan fingerprint density at radius 2 is 1.88 bits per heavy atom. The number of hydrogen-bond acceptors (Lipinski definition) is 7. The van der Waals surface area contributed by atoms with Crippen LogP contribution in [0.4, 0.5) is 5.69 Å². The first-order chi connectivity index (χ1) is 16.4. The van der Waals surface area contributed by atoms with E-state index in [1.807, 2.05) is 0 Å². The summed E-state index contributed by atoms with van der Waals surface area (Å²) < 4.78 is 21.9. The van der Waals surface area contributed by atoms with Gasteiger partial charge in [0.25, 0.3) is 11.8 Å². The summed E-state index contributed by atoms with van der Waals surface area (Å²) in [6.07, 6.45) is 0.862. The molecule has 0 saturated carbocycles. The smallest absolute Gasteiger partial charge is 0.308 e. The second-order valence-corrected chi connectivity index (χ2v) is 8.34. The first-order valence-corrected chi connectivity index (χ1v) is 11.1. The van der Waals surface area contributed by atoms with Gasteiger partial charge in [0, 0.05) is 18.3 Å². The summed E-state index contributed by atoms with van der Waals surface area (Å²) in [4.78, 5) is 39.3. The number of carbonyl (C=O) groups excluding carboxylic acids is 3. The van der Waals surface area contributed by atoms with Gasteiger partial charge in [-0.2, -0.15) is 0 Å². The summed E-state index contributed by atoms with van der Waals surface area (Å²) in [5.74, 6) is 0.225. The highest BCUT2D eigenvalue weighted by Gasteiger charge is 2.39. The van der Waals surface area contributed by atoms with Crippen LogP contribution >= 0.6 is 0 Å². The van der Waals surface area contributed by atoms with Crippen LogP contribution in [0.1, 0.15) is 40.0 Å². The average molecular weight is 469 g/mol. The zero-order valence-electron chi connectivity index (χ0n) is 19.4. The van der Waals surface area contributed by atoms with Gasteiger partial charge in [0.1, 0.15) is 24.2 Å². The van der Waals surface area contributed by atoms with E-state index in [0.717, 1.165) is 0 Å². The lowest BCUT2D eigenvalue weighted by Gasteiger charge is -2.42. The topological polar surface area (TPSA) is 103 Å². The Kier molecular flexibility index (Phi) is 7.02. The van der Waals surface area contributed by atoms with Crippen molar-refractivity contribution in [1.29, 1.82) is 0 Å². The van der Waals surface area contributed by atoms with Gasteiger partial charge in [-0.05, 0) is 55.3 Å². The van der Waals surface area contributed by atoms with Crippen LogP contribution in [-0.2, 0) is 14.3 Å². The van der Waals surface area contributed by atoms with Crippen molar-refractivity contribution < 1.29 is 33.3 Å². The Labute approximate surface area is 197 Å². The van der Waals surface area contributed by atoms with Crippen molar-refractivity contribution in [2.75, 3.05) is 33.2 Å². The first kappa shape index (κ1) is 23.6. The molecule has 1 saturated heterocycles. The maximum atomic E-state index is 13.3. The number of ether oxygens (including phenoxy) is 4. The van der Waals surface area contributed by atoms with Crippen LogP contribution in [0.25, 0.3) is 0 Å². The largest absolute Gasteiger partial charge is 0.497 e. The van der Waals surface area contributed by atoms with Gasteiger partial charge in [0.15, 0.2) is 0 Å². The van der Waals surface area contributed by atoms with Crippen LogP contribution in [-0.4, -0.2) is 68.8 Å². The summed E-state index contributed by atoms with van der Waals surface area (Å²) in [6, 6.07) is 11.5. The predicted molar refractivity (Wildman–Crippen MR) is 123 cm³/mol. The molecule has 0 radical (unpaired) electrons. The fourth-order valence-electron chi connectivity index (χ4n) is 4.32. The number of benzene rings is 2. The van der Waals surface area contributed by atoms with Gasteiger partial charge in [-0.25, -0.2) is 0 Å². The molecule has 0 aromatic heterocycles. The second kappa shape index (κ2) is 10.1. The lowest BCUT2D eigenvalue weighted by Crippen LogP contribution is -2.53. The first-order valence-electron chi connectivity index (χ1n) is 11.1. The van der Waals surface area contributed by atoms with Crippen molar-refractivity contribution in [3.8, 4) is 11.5 Å². The van der Waals surface area contributed by atoms with Crippen LogP contribution < -0.4 is 14.8 Å². The van der Waals surface area contributed by atoms with Gasteiger partial charge >= 0.3 is 5.97 Å². The minimum atomic E-state index is -0.361. The highest BCUT2D eigenvalue weighted by Crippen LogP contribution is 2.32. The number of hydrogen-bond donors (Lipinski definition) is 1.